The molecule has 1 aromatic heterocycles. The van der Waals surface area contributed by atoms with Gasteiger partial charge in [-0.2, -0.15) is 0 Å². The van der Waals surface area contributed by atoms with Gasteiger partial charge in [-0.1, -0.05) is 0 Å². The fourth-order valence-corrected chi connectivity index (χ4v) is 1.39. The average Bonchev–Trinajstić information content (AvgIpc) is 2.18. The van der Waals surface area contributed by atoms with Crippen LogP contribution in [-0.4, -0.2) is 24.1 Å². The van der Waals surface area contributed by atoms with E-state index in [1.165, 1.54) is 6.33 Å². The Morgan fingerprint density at radius 3 is 2.40 bits per heavy atom. The van der Waals surface area contributed by atoms with Gasteiger partial charge in [-0.25, -0.2) is 18.7 Å². The third kappa shape index (κ3) is 1.60. The van der Waals surface area contributed by atoms with Gasteiger partial charge in [0.15, 0.2) is 11.6 Å². The second-order valence-corrected chi connectivity index (χ2v) is 3.38. The molecule has 2 aromatic rings. The van der Waals surface area contributed by atoms with Gasteiger partial charge in [-0.15, -0.1) is 0 Å². The topological polar surface area (TPSA) is 29.0 Å². The van der Waals surface area contributed by atoms with Crippen LogP contribution in [0.2, 0.25) is 0 Å². The van der Waals surface area contributed by atoms with Crippen LogP contribution in [0.5, 0.6) is 0 Å². The molecule has 2 rings (SSSR count). The van der Waals surface area contributed by atoms with Crippen molar-refractivity contribution in [3.8, 4) is 0 Å². The number of hydrogen-bond donors (Lipinski definition) is 0. The molecule has 0 atom stereocenters. The lowest BCUT2D eigenvalue weighted by Gasteiger charge is -2.13. The van der Waals surface area contributed by atoms with Gasteiger partial charge in [-0.3, -0.25) is 0 Å². The van der Waals surface area contributed by atoms with E-state index < -0.39 is 11.6 Å². The monoisotopic (exact) mass is 209 g/mol. The first-order chi connectivity index (χ1) is 7.09. The molecule has 3 nitrogen and oxygen atoms in total. The molecule has 0 unspecified atom stereocenters. The zero-order chi connectivity index (χ0) is 11.0. The summed E-state index contributed by atoms with van der Waals surface area (Å²) in [5.41, 5.74) is 0.396. The van der Waals surface area contributed by atoms with Crippen LogP contribution in [0.15, 0.2) is 18.5 Å². The summed E-state index contributed by atoms with van der Waals surface area (Å²) in [6.45, 7) is 0. The van der Waals surface area contributed by atoms with E-state index in [0.29, 0.717) is 16.7 Å². The standard InChI is InChI=1S/C10H9F2N3/c1-15(2)10-6-3-7(11)8(12)4-9(6)13-5-14-10/h3-5H,1-2H3. The Hall–Kier alpha value is -1.78. The van der Waals surface area contributed by atoms with Gasteiger partial charge in [0.25, 0.3) is 0 Å². The summed E-state index contributed by atoms with van der Waals surface area (Å²) in [5, 5.41) is 0.501. The van der Waals surface area contributed by atoms with Crippen molar-refractivity contribution in [3.05, 3.63) is 30.1 Å². The second kappa shape index (κ2) is 3.42. The summed E-state index contributed by atoms with van der Waals surface area (Å²) >= 11 is 0. The molecule has 0 saturated heterocycles. The van der Waals surface area contributed by atoms with Gasteiger partial charge in [0.2, 0.25) is 0 Å². The SMILES string of the molecule is CN(C)c1ncnc2cc(F)c(F)cc12. The van der Waals surface area contributed by atoms with E-state index >= 15 is 0 Å². The Balaban J connectivity index is 2.80. The molecule has 1 heterocycles. The third-order valence-corrected chi connectivity index (χ3v) is 2.08. The number of halogens is 2. The predicted octanol–water partition coefficient (Wildman–Crippen LogP) is 1.97. The fraction of sp³-hybridized carbons (Fsp3) is 0.200. The Morgan fingerprint density at radius 2 is 1.73 bits per heavy atom. The maximum Gasteiger partial charge on any atom is 0.161 e. The molecule has 15 heavy (non-hydrogen) atoms. The minimum Gasteiger partial charge on any atom is -0.362 e. The number of fused-ring (bicyclic) bond motifs is 1. The van der Waals surface area contributed by atoms with E-state index in [1.807, 2.05) is 0 Å². The van der Waals surface area contributed by atoms with Gasteiger partial charge >= 0.3 is 0 Å². The van der Waals surface area contributed by atoms with Crippen molar-refractivity contribution in [1.29, 1.82) is 0 Å². The maximum absolute atomic E-state index is 13.0. The Kier molecular flexibility index (Phi) is 2.22. The molecule has 0 amide bonds. The highest BCUT2D eigenvalue weighted by molar-refractivity contribution is 5.89. The van der Waals surface area contributed by atoms with Crippen molar-refractivity contribution >= 4 is 16.7 Å². The minimum atomic E-state index is -0.897. The zero-order valence-electron chi connectivity index (χ0n) is 8.33. The summed E-state index contributed by atoms with van der Waals surface area (Å²) in [7, 11) is 3.56. The van der Waals surface area contributed by atoms with Crippen LogP contribution in [0.25, 0.3) is 10.9 Å². The third-order valence-electron chi connectivity index (χ3n) is 2.08. The van der Waals surface area contributed by atoms with E-state index in [0.717, 1.165) is 12.1 Å². The lowest BCUT2D eigenvalue weighted by molar-refractivity contribution is 0.510. The highest BCUT2D eigenvalue weighted by atomic mass is 19.2. The van der Waals surface area contributed by atoms with Crippen molar-refractivity contribution in [3.63, 3.8) is 0 Å². The van der Waals surface area contributed by atoms with E-state index in [9.17, 15) is 8.78 Å². The molecule has 0 bridgehead atoms. The van der Waals surface area contributed by atoms with Crippen molar-refractivity contribution in [2.45, 2.75) is 0 Å². The molecular formula is C10H9F2N3. The van der Waals surface area contributed by atoms with Crippen LogP contribution in [0, 0.1) is 11.6 Å². The Morgan fingerprint density at radius 1 is 1.07 bits per heavy atom. The van der Waals surface area contributed by atoms with Gasteiger partial charge < -0.3 is 4.90 Å². The van der Waals surface area contributed by atoms with E-state index in [2.05, 4.69) is 9.97 Å². The van der Waals surface area contributed by atoms with E-state index in [-0.39, 0.29) is 0 Å². The molecule has 0 spiro atoms. The van der Waals surface area contributed by atoms with Crippen molar-refractivity contribution in [2.75, 3.05) is 19.0 Å². The fourth-order valence-electron chi connectivity index (χ4n) is 1.39. The lowest BCUT2D eigenvalue weighted by Crippen LogP contribution is -2.11. The first kappa shape index (κ1) is 9.76. The zero-order valence-corrected chi connectivity index (χ0v) is 8.33. The number of anilines is 1. The minimum absolute atomic E-state index is 0.396. The highest BCUT2D eigenvalue weighted by Crippen LogP contribution is 2.23. The molecule has 1 aromatic carbocycles. The highest BCUT2D eigenvalue weighted by Gasteiger charge is 2.10. The van der Waals surface area contributed by atoms with Crippen molar-refractivity contribution in [2.24, 2.45) is 0 Å². The summed E-state index contributed by atoms with van der Waals surface area (Å²) in [4.78, 5) is 9.61. The molecular weight excluding hydrogens is 200 g/mol. The molecule has 5 heteroatoms. The lowest BCUT2D eigenvalue weighted by atomic mass is 10.2. The molecule has 0 fully saturated rings. The number of aromatic nitrogens is 2. The first-order valence-corrected chi connectivity index (χ1v) is 4.36. The molecule has 0 aliphatic carbocycles. The second-order valence-electron chi connectivity index (χ2n) is 3.38. The predicted molar refractivity (Wildman–Crippen MR) is 53.8 cm³/mol. The van der Waals surface area contributed by atoms with Crippen LogP contribution in [0.1, 0.15) is 0 Å². The van der Waals surface area contributed by atoms with Gasteiger partial charge in [0.05, 0.1) is 5.52 Å². The van der Waals surface area contributed by atoms with Crippen LogP contribution >= 0.6 is 0 Å². The summed E-state index contributed by atoms with van der Waals surface area (Å²) < 4.78 is 26.0. The van der Waals surface area contributed by atoms with E-state index in [1.54, 1.807) is 19.0 Å². The van der Waals surface area contributed by atoms with Crippen LogP contribution < -0.4 is 4.90 Å². The summed E-state index contributed by atoms with van der Waals surface area (Å²) in [6, 6.07) is 2.18. The summed E-state index contributed by atoms with van der Waals surface area (Å²) in [5.74, 6) is -1.22. The van der Waals surface area contributed by atoms with Gasteiger partial charge in [0, 0.05) is 25.5 Å². The quantitative estimate of drug-likeness (QED) is 0.719. The maximum atomic E-state index is 13.0. The number of benzene rings is 1. The van der Waals surface area contributed by atoms with Crippen LogP contribution in [0.3, 0.4) is 0 Å². The van der Waals surface area contributed by atoms with Crippen molar-refractivity contribution in [1.82, 2.24) is 9.97 Å². The van der Waals surface area contributed by atoms with Crippen LogP contribution in [0.4, 0.5) is 14.6 Å². The van der Waals surface area contributed by atoms with E-state index in [4.69, 9.17) is 0 Å². The number of rotatable bonds is 1. The molecule has 0 aliphatic rings. The van der Waals surface area contributed by atoms with Crippen molar-refractivity contribution < 1.29 is 8.78 Å². The number of hydrogen-bond acceptors (Lipinski definition) is 3. The normalized spacial score (nSPS) is 10.7. The van der Waals surface area contributed by atoms with Crippen LogP contribution in [-0.2, 0) is 0 Å². The number of nitrogens with zero attached hydrogens (tertiary/aromatic N) is 3. The molecule has 0 radical (unpaired) electrons. The molecule has 0 N–H and O–H groups in total. The Bertz CT molecular complexity index is 511. The Labute approximate surface area is 85.4 Å². The largest absolute Gasteiger partial charge is 0.362 e. The average molecular weight is 209 g/mol. The molecule has 0 saturated carbocycles. The van der Waals surface area contributed by atoms with Gasteiger partial charge in [0.1, 0.15) is 12.1 Å². The first-order valence-electron chi connectivity index (χ1n) is 4.36. The molecule has 0 aliphatic heterocycles. The summed E-state index contributed by atoms with van der Waals surface area (Å²) in [6.07, 6.45) is 1.33. The van der Waals surface area contributed by atoms with Gasteiger partial charge in [-0.05, 0) is 6.07 Å². The molecule has 78 valence electrons. The smallest absolute Gasteiger partial charge is 0.161 e.